The molecule has 1 aliphatic carbocycles. The van der Waals surface area contributed by atoms with Crippen LogP contribution >= 0.6 is 0 Å². The molecule has 0 amide bonds. The molecule has 15 heavy (non-hydrogen) atoms. The molecule has 0 aromatic heterocycles. The third-order valence-electron chi connectivity index (χ3n) is 3.23. The van der Waals surface area contributed by atoms with Gasteiger partial charge in [-0.1, -0.05) is 19.3 Å². The molecule has 1 fully saturated rings. The SMILES string of the molecule is NCCC(F)(C1CCCCC1)C(F)(F)F. The van der Waals surface area contributed by atoms with Crippen LogP contribution < -0.4 is 5.73 Å². The summed E-state index contributed by atoms with van der Waals surface area (Å²) in [6, 6.07) is 0. The van der Waals surface area contributed by atoms with Crippen LogP contribution in [0.15, 0.2) is 0 Å². The first-order chi connectivity index (χ1) is 6.92. The van der Waals surface area contributed by atoms with E-state index in [0.717, 1.165) is 6.42 Å². The van der Waals surface area contributed by atoms with Crippen LogP contribution in [0.4, 0.5) is 17.6 Å². The highest BCUT2D eigenvalue weighted by Crippen LogP contribution is 2.47. The summed E-state index contributed by atoms with van der Waals surface area (Å²) in [4.78, 5) is 0. The van der Waals surface area contributed by atoms with E-state index in [2.05, 4.69) is 0 Å². The first-order valence-corrected chi connectivity index (χ1v) is 5.37. The van der Waals surface area contributed by atoms with Gasteiger partial charge in [0.25, 0.3) is 0 Å². The van der Waals surface area contributed by atoms with Gasteiger partial charge in [0.15, 0.2) is 0 Å². The summed E-state index contributed by atoms with van der Waals surface area (Å²) in [6.07, 6.45) is -2.44. The molecule has 2 N–H and O–H groups in total. The molecule has 0 heterocycles. The van der Waals surface area contributed by atoms with Gasteiger partial charge in [-0.05, 0) is 19.4 Å². The fraction of sp³-hybridized carbons (Fsp3) is 1.00. The average Bonchev–Trinajstić information content (AvgIpc) is 2.18. The molecular formula is C10H17F4N. The molecule has 0 spiro atoms. The molecule has 0 saturated heterocycles. The van der Waals surface area contributed by atoms with Crippen LogP contribution in [0.25, 0.3) is 0 Å². The van der Waals surface area contributed by atoms with Crippen LogP contribution in [0.5, 0.6) is 0 Å². The van der Waals surface area contributed by atoms with Crippen molar-refractivity contribution in [2.75, 3.05) is 6.54 Å². The molecule has 5 heteroatoms. The molecule has 1 unspecified atom stereocenters. The number of nitrogens with two attached hydrogens (primary N) is 1. The Morgan fingerprint density at radius 1 is 1.00 bits per heavy atom. The molecule has 0 aromatic rings. The maximum atomic E-state index is 14.0. The van der Waals surface area contributed by atoms with Crippen LogP contribution in [0.3, 0.4) is 0 Å². The fourth-order valence-electron chi connectivity index (χ4n) is 2.35. The van der Waals surface area contributed by atoms with Crippen LogP contribution in [0, 0.1) is 5.92 Å². The number of rotatable bonds is 3. The largest absolute Gasteiger partial charge is 0.422 e. The third-order valence-corrected chi connectivity index (χ3v) is 3.23. The molecule has 1 saturated carbocycles. The predicted octanol–water partition coefficient (Wildman–Crippen LogP) is 3.19. The number of halogens is 4. The zero-order valence-corrected chi connectivity index (χ0v) is 8.62. The lowest BCUT2D eigenvalue weighted by molar-refractivity contribution is -0.253. The van der Waals surface area contributed by atoms with Crippen molar-refractivity contribution in [2.24, 2.45) is 11.7 Å². The van der Waals surface area contributed by atoms with Crippen molar-refractivity contribution in [1.29, 1.82) is 0 Å². The van der Waals surface area contributed by atoms with E-state index >= 15 is 0 Å². The Labute approximate surface area is 87.0 Å². The van der Waals surface area contributed by atoms with Gasteiger partial charge in [-0.3, -0.25) is 0 Å². The maximum Gasteiger partial charge on any atom is 0.422 e. The Hall–Kier alpha value is -0.320. The van der Waals surface area contributed by atoms with Crippen molar-refractivity contribution < 1.29 is 17.6 Å². The fourth-order valence-corrected chi connectivity index (χ4v) is 2.35. The molecule has 1 rings (SSSR count). The quantitative estimate of drug-likeness (QED) is 0.736. The summed E-state index contributed by atoms with van der Waals surface area (Å²) in [5, 5.41) is 0. The van der Waals surface area contributed by atoms with Gasteiger partial charge < -0.3 is 5.73 Å². The maximum absolute atomic E-state index is 14.0. The van der Waals surface area contributed by atoms with E-state index in [1.807, 2.05) is 0 Å². The smallest absolute Gasteiger partial charge is 0.330 e. The third kappa shape index (κ3) is 2.62. The van der Waals surface area contributed by atoms with E-state index < -0.39 is 24.2 Å². The van der Waals surface area contributed by atoms with Gasteiger partial charge >= 0.3 is 6.18 Å². The first-order valence-electron chi connectivity index (χ1n) is 5.37. The Morgan fingerprint density at radius 2 is 1.53 bits per heavy atom. The van der Waals surface area contributed by atoms with Crippen molar-refractivity contribution in [3.8, 4) is 0 Å². The molecular weight excluding hydrogens is 210 g/mol. The zero-order chi connectivity index (χ0) is 11.5. The lowest BCUT2D eigenvalue weighted by Gasteiger charge is -2.37. The van der Waals surface area contributed by atoms with Gasteiger partial charge in [0.05, 0.1) is 0 Å². The zero-order valence-electron chi connectivity index (χ0n) is 8.62. The standard InChI is InChI=1S/C10H17F4N/c11-9(6-7-15,10(12,13)14)8-4-2-1-3-5-8/h8H,1-7,15H2. The summed E-state index contributed by atoms with van der Waals surface area (Å²) >= 11 is 0. The number of hydrogen-bond donors (Lipinski definition) is 1. The van der Waals surface area contributed by atoms with Crippen LogP contribution in [0.1, 0.15) is 38.5 Å². The molecule has 90 valence electrons. The molecule has 1 atom stereocenters. The van der Waals surface area contributed by atoms with Gasteiger partial charge in [0.2, 0.25) is 5.67 Å². The van der Waals surface area contributed by atoms with E-state index in [-0.39, 0.29) is 6.54 Å². The lowest BCUT2D eigenvalue weighted by atomic mass is 9.76. The van der Waals surface area contributed by atoms with Gasteiger partial charge in [0, 0.05) is 12.3 Å². The summed E-state index contributed by atoms with van der Waals surface area (Å²) in [5.41, 5.74) is 2.01. The summed E-state index contributed by atoms with van der Waals surface area (Å²) in [7, 11) is 0. The Balaban J connectivity index is 2.79. The molecule has 0 aliphatic heterocycles. The van der Waals surface area contributed by atoms with E-state index in [9.17, 15) is 17.6 Å². The van der Waals surface area contributed by atoms with E-state index in [4.69, 9.17) is 5.73 Å². The summed E-state index contributed by atoms with van der Waals surface area (Å²) < 4.78 is 51.9. The molecule has 1 nitrogen and oxygen atoms in total. The van der Waals surface area contributed by atoms with Crippen LogP contribution in [0.2, 0.25) is 0 Å². The Morgan fingerprint density at radius 3 is 1.93 bits per heavy atom. The van der Waals surface area contributed by atoms with Crippen LogP contribution in [-0.4, -0.2) is 18.4 Å². The van der Waals surface area contributed by atoms with Crippen molar-refractivity contribution in [3.63, 3.8) is 0 Å². The summed E-state index contributed by atoms with van der Waals surface area (Å²) in [5.74, 6) is -0.894. The summed E-state index contributed by atoms with van der Waals surface area (Å²) in [6.45, 7) is -0.257. The van der Waals surface area contributed by atoms with Crippen molar-refractivity contribution in [2.45, 2.75) is 50.4 Å². The van der Waals surface area contributed by atoms with Crippen molar-refractivity contribution >= 4 is 0 Å². The van der Waals surface area contributed by atoms with E-state index in [1.165, 1.54) is 0 Å². The molecule has 0 aromatic carbocycles. The molecule has 1 aliphatic rings. The monoisotopic (exact) mass is 227 g/mol. The minimum atomic E-state index is -4.78. The number of hydrogen-bond acceptors (Lipinski definition) is 1. The Kier molecular flexibility index (Phi) is 3.98. The van der Waals surface area contributed by atoms with Gasteiger partial charge in [-0.15, -0.1) is 0 Å². The van der Waals surface area contributed by atoms with E-state index in [1.54, 1.807) is 0 Å². The van der Waals surface area contributed by atoms with Gasteiger partial charge in [-0.2, -0.15) is 13.2 Å². The minimum absolute atomic E-state index is 0.257. The highest BCUT2D eigenvalue weighted by molar-refractivity contribution is 4.95. The second kappa shape index (κ2) is 4.68. The Bertz CT molecular complexity index is 198. The highest BCUT2D eigenvalue weighted by Gasteiger charge is 2.59. The van der Waals surface area contributed by atoms with Gasteiger partial charge in [-0.25, -0.2) is 4.39 Å². The van der Waals surface area contributed by atoms with Crippen molar-refractivity contribution in [3.05, 3.63) is 0 Å². The van der Waals surface area contributed by atoms with E-state index in [0.29, 0.717) is 25.7 Å². The normalized spacial score (nSPS) is 23.8. The topological polar surface area (TPSA) is 26.0 Å². The van der Waals surface area contributed by atoms with Crippen LogP contribution in [-0.2, 0) is 0 Å². The van der Waals surface area contributed by atoms with Gasteiger partial charge in [0.1, 0.15) is 0 Å². The number of alkyl halides is 4. The lowest BCUT2D eigenvalue weighted by Crippen LogP contribution is -2.49. The van der Waals surface area contributed by atoms with Crippen molar-refractivity contribution in [1.82, 2.24) is 0 Å². The average molecular weight is 227 g/mol. The molecule has 0 radical (unpaired) electrons. The highest BCUT2D eigenvalue weighted by atomic mass is 19.4. The second-order valence-electron chi connectivity index (χ2n) is 4.23. The minimum Gasteiger partial charge on any atom is -0.330 e. The predicted molar refractivity (Wildman–Crippen MR) is 50.1 cm³/mol. The molecule has 0 bridgehead atoms. The second-order valence-corrected chi connectivity index (χ2v) is 4.23. The first kappa shape index (κ1) is 12.7.